The Balaban J connectivity index is 1.39. The van der Waals surface area contributed by atoms with Crippen LogP contribution >= 0.6 is 11.6 Å². The molecule has 3 aromatic rings. The third-order valence-corrected chi connectivity index (χ3v) is 6.83. The monoisotopic (exact) mass is 515 g/mol. The van der Waals surface area contributed by atoms with E-state index >= 15 is 0 Å². The lowest BCUT2D eigenvalue weighted by Gasteiger charge is -2.31. The number of benzene rings is 2. The van der Waals surface area contributed by atoms with Crippen LogP contribution in [0.1, 0.15) is 6.42 Å². The molecule has 36 heavy (non-hydrogen) atoms. The van der Waals surface area contributed by atoms with Gasteiger partial charge in [-0.15, -0.1) is 0 Å². The highest BCUT2D eigenvalue weighted by Gasteiger charge is 2.38. The fourth-order valence-corrected chi connectivity index (χ4v) is 4.82. The topological polar surface area (TPSA) is 89.0 Å². The van der Waals surface area contributed by atoms with Crippen molar-refractivity contribution < 1.29 is 23.4 Å². The van der Waals surface area contributed by atoms with Crippen LogP contribution in [-0.2, 0) is 9.53 Å². The number of halogens is 2. The Bertz CT molecular complexity index is 1270. The van der Waals surface area contributed by atoms with Crippen molar-refractivity contribution in [3.05, 3.63) is 47.5 Å². The predicted molar refractivity (Wildman–Crippen MR) is 134 cm³/mol. The van der Waals surface area contributed by atoms with Crippen molar-refractivity contribution in [1.82, 2.24) is 19.8 Å². The number of nitrogens with zero attached hydrogens (tertiary/aromatic N) is 4. The molecule has 2 saturated heterocycles. The minimum absolute atomic E-state index is 0.00980. The van der Waals surface area contributed by atoms with E-state index in [0.29, 0.717) is 67.5 Å². The number of hydrogen-bond donors (Lipinski definition) is 1. The van der Waals surface area contributed by atoms with Gasteiger partial charge in [-0.3, -0.25) is 9.69 Å². The van der Waals surface area contributed by atoms with Gasteiger partial charge in [0.2, 0.25) is 5.91 Å². The molecule has 2 unspecified atom stereocenters. The number of nitrogens with one attached hydrogen (secondary N) is 1. The molecular formula is C25H27ClFN5O4. The summed E-state index contributed by atoms with van der Waals surface area (Å²) in [5.41, 5.74) is 0.797. The maximum Gasteiger partial charge on any atom is 0.240 e. The van der Waals surface area contributed by atoms with Gasteiger partial charge < -0.3 is 24.4 Å². The SMILES string of the molecule is COc1cc2ncnc(Nc3cccc(Cl)c3F)c2cc1OC1CC(C(=O)N2CCOCC2)N(C)C1. The van der Waals surface area contributed by atoms with E-state index < -0.39 is 5.82 Å². The number of morpholine rings is 1. The first kappa shape index (κ1) is 24.5. The first-order valence-corrected chi connectivity index (χ1v) is 12.1. The summed E-state index contributed by atoms with van der Waals surface area (Å²) in [6.45, 7) is 2.93. The van der Waals surface area contributed by atoms with E-state index in [1.807, 2.05) is 16.8 Å². The van der Waals surface area contributed by atoms with Crippen molar-refractivity contribution in [2.75, 3.05) is 52.3 Å². The fraction of sp³-hybridized carbons (Fsp3) is 0.400. The maximum atomic E-state index is 14.5. The number of carbonyl (C=O) groups excluding carboxylic acids is 1. The lowest BCUT2D eigenvalue weighted by Crippen LogP contribution is -2.48. The lowest BCUT2D eigenvalue weighted by molar-refractivity contribution is -0.139. The van der Waals surface area contributed by atoms with Crippen molar-refractivity contribution in [3.63, 3.8) is 0 Å². The largest absolute Gasteiger partial charge is 0.493 e. The number of likely N-dealkylation sites (N-methyl/N-ethyl adjacent to an activating group) is 1. The van der Waals surface area contributed by atoms with Gasteiger partial charge in [-0.1, -0.05) is 17.7 Å². The van der Waals surface area contributed by atoms with Crippen molar-refractivity contribution in [2.45, 2.75) is 18.6 Å². The minimum atomic E-state index is -0.569. The second kappa shape index (κ2) is 10.4. The molecule has 3 heterocycles. The number of methoxy groups -OCH3 is 1. The molecule has 2 fully saturated rings. The molecule has 2 atom stereocenters. The van der Waals surface area contributed by atoms with Crippen LogP contribution in [0.2, 0.25) is 5.02 Å². The van der Waals surface area contributed by atoms with Crippen LogP contribution in [0.15, 0.2) is 36.7 Å². The molecule has 0 spiro atoms. The second-order valence-electron chi connectivity index (χ2n) is 8.84. The van der Waals surface area contributed by atoms with Crippen LogP contribution in [0.4, 0.5) is 15.9 Å². The van der Waals surface area contributed by atoms with Crippen LogP contribution in [0.5, 0.6) is 11.5 Å². The Morgan fingerprint density at radius 1 is 1.22 bits per heavy atom. The number of likely N-dealkylation sites (tertiary alicyclic amines) is 1. The number of hydrogen-bond acceptors (Lipinski definition) is 8. The normalized spacial score (nSPS) is 20.5. The second-order valence-corrected chi connectivity index (χ2v) is 9.24. The first-order chi connectivity index (χ1) is 17.4. The molecule has 0 aliphatic carbocycles. The number of carbonyl (C=O) groups is 1. The molecule has 0 saturated carbocycles. The van der Waals surface area contributed by atoms with Gasteiger partial charge in [0.15, 0.2) is 17.3 Å². The van der Waals surface area contributed by atoms with Crippen LogP contribution < -0.4 is 14.8 Å². The van der Waals surface area contributed by atoms with Crippen LogP contribution in [0.25, 0.3) is 10.9 Å². The van der Waals surface area contributed by atoms with Crippen molar-refractivity contribution in [1.29, 1.82) is 0 Å². The van der Waals surface area contributed by atoms with Gasteiger partial charge in [-0.05, 0) is 25.2 Å². The summed E-state index contributed by atoms with van der Waals surface area (Å²) >= 11 is 5.93. The molecule has 2 aliphatic heterocycles. The van der Waals surface area contributed by atoms with E-state index in [2.05, 4.69) is 15.3 Å². The molecule has 9 nitrogen and oxygen atoms in total. The standard InChI is InChI=1S/C25H27ClFN5O4/c1-31-13-15(10-20(31)25(33)32-6-8-35-9-7-32)36-22-11-16-19(12-21(22)34-2)28-14-29-24(16)30-18-5-3-4-17(26)23(18)27/h3-5,11-12,14-15,20H,6-10,13H2,1-2H3,(H,28,29,30). The van der Waals surface area contributed by atoms with Gasteiger partial charge in [0.05, 0.1) is 42.6 Å². The Morgan fingerprint density at radius 2 is 2.03 bits per heavy atom. The molecule has 1 aromatic heterocycles. The molecule has 0 bridgehead atoms. The first-order valence-electron chi connectivity index (χ1n) is 11.7. The van der Waals surface area contributed by atoms with Gasteiger partial charge in [0, 0.05) is 37.5 Å². The van der Waals surface area contributed by atoms with E-state index in [-0.39, 0.29) is 28.8 Å². The molecule has 5 rings (SSSR count). The summed E-state index contributed by atoms with van der Waals surface area (Å²) in [7, 11) is 3.49. The summed E-state index contributed by atoms with van der Waals surface area (Å²) < 4.78 is 31.8. The fourth-order valence-electron chi connectivity index (χ4n) is 4.64. The van der Waals surface area contributed by atoms with E-state index in [1.165, 1.54) is 12.4 Å². The summed E-state index contributed by atoms with van der Waals surface area (Å²) in [6.07, 6.45) is 1.72. The minimum Gasteiger partial charge on any atom is -0.493 e. The van der Waals surface area contributed by atoms with Crippen molar-refractivity contribution >= 4 is 39.9 Å². The summed E-state index contributed by atoms with van der Waals surface area (Å²) in [4.78, 5) is 25.6. The van der Waals surface area contributed by atoms with Gasteiger partial charge in [0.25, 0.3) is 0 Å². The van der Waals surface area contributed by atoms with E-state index in [9.17, 15) is 9.18 Å². The molecule has 11 heteroatoms. The molecule has 2 aromatic carbocycles. The van der Waals surface area contributed by atoms with Gasteiger partial charge in [-0.25, -0.2) is 14.4 Å². The third kappa shape index (κ3) is 4.88. The van der Waals surface area contributed by atoms with E-state index in [4.69, 9.17) is 25.8 Å². The van der Waals surface area contributed by atoms with Crippen LogP contribution in [-0.4, -0.2) is 84.8 Å². The van der Waals surface area contributed by atoms with Crippen molar-refractivity contribution in [2.24, 2.45) is 0 Å². The lowest BCUT2D eigenvalue weighted by atomic mass is 10.1. The zero-order valence-electron chi connectivity index (χ0n) is 20.0. The molecule has 1 amide bonds. The molecule has 190 valence electrons. The molecule has 0 radical (unpaired) electrons. The van der Waals surface area contributed by atoms with Crippen LogP contribution in [0.3, 0.4) is 0 Å². The predicted octanol–water partition coefficient (Wildman–Crippen LogP) is 3.48. The molecule has 2 aliphatic rings. The van der Waals surface area contributed by atoms with Gasteiger partial charge >= 0.3 is 0 Å². The highest BCUT2D eigenvalue weighted by Crippen LogP contribution is 2.37. The number of anilines is 2. The smallest absolute Gasteiger partial charge is 0.240 e. The average molecular weight is 516 g/mol. The Kier molecular flexibility index (Phi) is 7.08. The molecule has 1 N–H and O–H groups in total. The highest BCUT2D eigenvalue weighted by atomic mass is 35.5. The summed E-state index contributed by atoms with van der Waals surface area (Å²) in [5.74, 6) is 0.929. The Morgan fingerprint density at radius 3 is 2.81 bits per heavy atom. The molecular weight excluding hydrogens is 489 g/mol. The van der Waals surface area contributed by atoms with Crippen molar-refractivity contribution in [3.8, 4) is 11.5 Å². The van der Waals surface area contributed by atoms with Crippen LogP contribution in [0, 0.1) is 5.82 Å². The number of aromatic nitrogens is 2. The maximum absolute atomic E-state index is 14.5. The quantitative estimate of drug-likeness (QED) is 0.534. The number of rotatable bonds is 6. The summed E-state index contributed by atoms with van der Waals surface area (Å²) in [6, 6.07) is 7.98. The van der Waals surface area contributed by atoms with E-state index in [0.717, 1.165) is 0 Å². The van der Waals surface area contributed by atoms with Gasteiger partial charge in [0.1, 0.15) is 18.2 Å². The third-order valence-electron chi connectivity index (χ3n) is 6.54. The Labute approximate surface area is 213 Å². The van der Waals surface area contributed by atoms with E-state index in [1.54, 1.807) is 31.4 Å². The number of ether oxygens (including phenoxy) is 3. The zero-order valence-corrected chi connectivity index (χ0v) is 20.8. The van der Waals surface area contributed by atoms with Gasteiger partial charge in [-0.2, -0.15) is 0 Å². The zero-order chi connectivity index (χ0) is 25.2. The summed E-state index contributed by atoms with van der Waals surface area (Å²) in [5, 5.41) is 3.64. The Hall–Kier alpha value is -3.21. The highest BCUT2D eigenvalue weighted by molar-refractivity contribution is 6.31. The average Bonchev–Trinajstić information content (AvgIpc) is 3.26. The number of fused-ring (bicyclic) bond motifs is 1. The number of amides is 1.